The largest absolute Gasteiger partial charge is 0.455 e. The number of nitrogens with one attached hydrogen (secondary N) is 2. The first-order valence-electron chi connectivity index (χ1n) is 8.21. The Labute approximate surface area is 162 Å². The van der Waals surface area contributed by atoms with Crippen LogP contribution in [0.1, 0.15) is 11.3 Å². The highest BCUT2D eigenvalue weighted by Crippen LogP contribution is 2.35. The van der Waals surface area contributed by atoms with E-state index in [0.717, 1.165) is 0 Å². The van der Waals surface area contributed by atoms with Gasteiger partial charge < -0.3 is 14.4 Å². The number of furan rings is 1. The zero-order valence-electron chi connectivity index (χ0n) is 14.5. The molecule has 0 aliphatic carbocycles. The van der Waals surface area contributed by atoms with Gasteiger partial charge in [-0.25, -0.2) is 4.79 Å². The molecule has 4 aromatic rings. The van der Waals surface area contributed by atoms with Crippen LogP contribution >= 0.6 is 11.6 Å². The van der Waals surface area contributed by atoms with E-state index in [4.69, 9.17) is 16.0 Å². The lowest BCUT2D eigenvalue weighted by molar-refractivity contribution is -0.384. The number of nitro benzene ring substituents is 1. The Hall–Kier alpha value is -3.65. The second-order valence-corrected chi connectivity index (χ2v) is 6.55. The van der Waals surface area contributed by atoms with E-state index in [1.807, 2.05) is 0 Å². The van der Waals surface area contributed by atoms with Crippen LogP contribution in [0.4, 0.5) is 11.4 Å². The highest BCUT2D eigenvalue weighted by Gasteiger charge is 2.20. The number of nitrogens with zero attached hydrogens (tertiary/aromatic N) is 2. The number of halogens is 1. The molecule has 0 aliphatic rings. The van der Waals surface area contributed by atoms with Gasteiger partial charge in [-0.05, 0) is 48.9 Å². The maximum Gasteiger partial charge on any atom is 0.323 e. The molecule has 0 saturated heterocycles. The number of aromatic nitrogens is 2. The second-order valence-electron chi connectivity index (χ2n) is 6.14. The number of aliphatic imine (C=N–C) groups is 1. The van der Waals surface area contributed by atoms with Crippen molar-refractivity contribution >= 4 is 40.2 Å². The predicted octanol–water partition coefficient (Wildman–Crippen LogP) is 4.74. The van der Waals surface area contributed by atoms with Gasteiger partial charge in [-0.3, -0.25) is 15.1 Å². The molecule has 2 aromatic carbocycles. The molecule has 0 aliphatic heterocycles. The summed E-state index contributed by atoms with van der Waals surface area (Å²) in [4.78, 5) is 31.8. The summed E-state index contributed by atoms with van der Waals surface area (Å²) in [5.74, 6) is 0.740. The monoisotopic (exact) mass is 396 g/mol. The number of imidazole rings is 1. The van der Waals surface area contributed by atoms with E-state index in [1.165, 1.54) is 18.3 Å². The minimum Gasteiger partial charge on any atom is -0.455 e. The maximum absolute atomic E-state index is 11.4. The van der Waals surface area contributed by atoms with Gasteiger partial charge >= 0.3 is 5.69 Å². The van der Waals surface area contributed by atoms with E-state index in [2.05, 4.69) is 15.0 Å². The Bertz CT molecular complexity index is 1300. The molecule has 2 N–H and O–H groups in total. The third-order valence-electron chi connectivity index (χ3n) is 4.21. The highest BCUT2D eigenvalue weighted by molar-refractivity contribution is 6.31. The van der Waals surface area contributed by atoms with Crippen LogP contribution in [0.5, 0.6) is 0 Å². The average molecular weight is 397 g/mol. The summed E-state index contributed by atoms with van der Waals surface area (Å²) in [6.45, 7) is 1.70. The molecule has 2 aromatic heterocycles. The van der Waals surface area contributed by atoms with Gasteiger partial charge in [-0.15, -0.1) is 0 Å². The minimum atomic E-state index is -0.470. The topological polar surface area (TPSA) is 117 Å². The number of fused-ring (bicyclic) bond motifs is 1. The predicted molar refractivity (Wildman–Crippen MR) is 107 cm³/mol. The molecule has 8 nitrogen and oxygen atoms in total. The van der Waals surface area contributed by atoms with Crippen LogP contribution in [0, 0.1) is 17.0 Å². The fourth-order valence-electron chi connectivity index (χ4n) is 2.82. The first-order chi connectivity index (χ1) is 13.4. The number of hydrogen-bond acceptors (Lipinski definition) is 5. The number of H-pyrrole nitrogens is 2. The second kappa shape index (κ2) is 6.82. The van der Waals surface area contributed by atoms with Crippen molar-refractivity contribution in [1.29, 1.82) is 0 Å². The molecular weight excluding hydrogens is 384 g/mol. The molecule has 0 spiro atoms. The Morgan fingerprint density at radius 3 is 2.71 bits per heavy atom. The number of benzene rings is 2. The Morgan fingerprint density at radius 2 is 1.93 bits per heavy atom. The van der Waals surface area contributed by atoms with Gasteiger partial charge in [-0.2, -0.15) is 0 Å². The van der Waals surface area contributed by atoms with Crippen LogP contribution in [-0.4, -0.2) is 21.1 Å². The van der Waals surface area contributed by atoms with E-state index in [-0.39, 0.29) is 11.4 Å². The molecule has 0 atom stereocenters. The number of aromatic amines is 2. The van der Waals surface area contributed by atoms with E-state index in [9.17, 15) is 14.9 Å². The third kappa shape index (κ3) is 3.33. The van der Waals surface area contributed by atoms with Gasteiger partial charge in [0.1, 0.15) is 11.5 Å². The van der Waals surface area contributed by atoms with Crippen molar-refractivity contribution in [1.82, 2.24) is 9.97 Å². The lowest BCUT2D eigenvalue weighted by atomic mass is 10.1. The first-order valence-corrected chi connectivity index (χ1v) is 8.59. The van der Waals surface area contributed by atoms with E-state index < -0.39 is 4.92 Å². The van der Waals surface area contributed by atoms with Gasteiger partial charge in [0.05, 0.1) is 33.4 Å². The minimum absolute atomic E-state index is 0.0818. The van der Waals surface area contributed by atoms with E-state index in [1.54, 1.807) is 37.3 Å². The lowest BCUT2D eigenvalue weighted by Crippen LogP contribution is -1.99. The highest BCUT2D eigenvalue weighted by atomic mass is 35.5. The smallest absolute Gasteiger partial charge is 0.323 e. The number of rotatable bonds is 4. The third-order valence-corrected chi connectivity index (χ3v) is 4.61. The maximum atomic E-state index is 11.4. The van der Waals surface area contributed by atoms with E-state index in [0.29, 0.717) is 44.4 Å². The quantitative estimate of drug-likeness (QED) is 0.294. The molecule has 0 radical (unpaired) electrons. The van der Waals surface area contributed by atoms with Crippen LogP contribution in [0.15, 0.2) is 56.7 Å². The van der Waals surface area contributed by atoms with Crippen molar-refractivity contribution < 1.29 is 9.34 Å². The summed E-state index contributed by atoms with van der Waals surface area (Å²) in [5, 5.41) is 11.8. The Morgan fingerprint density at radius 1 is 1.14 bits per heavy atom. The fraction of sp³-hybridized carbons (Fsp3) is 0.0526. The average Bonchev–Trinajstić information content (AvgIpc) is 3.26. The molecule has 28 heavy (non-hydrogen) atoms. The van der Waals surface area contributed by atoms with Crippen LogP contribution in [0.25, 0.3) is 22.4 Å². The van der Waals surface area contributed by atoms with Crippen molar-refractivity contribution in [3.8, 4) is 11.3 Å². The molecular formula is C19H13ClN4O4. The van der Waals surface area contributed by atoms with Gasteiger partial charge in [-0.1, -0.05) is 11.6 Å². The molecule has 0 unspecified atom stereocenters. The van der Waals surface area contributed by atoms with Gasteiger partial charge in [0.15, 0.2) is 0 Å². The van der Waals surface area contributed by atoms with Crippen LogP contribution in [-0.2, 0) is 0 Å². The summed E-state index contributed by atoms with van der Waals surface area (Å²) in [6.07, 6.45) is 1.50. The van der Waals surface area contributed by atoms with Crippen molar-refractivity contribution in [3.63, 3.8) is 0 Å². The van der Waals surface area contributed by atoms with Gasteiger partial charge in [0.2, 0.25) is 0 Å². The Balaban J connectivity index is 1.66. The number of aryl methyl sites for hydroxylation is 1. The number of nitro groups is 1. The molecule has 0 saturated carbocycles. The number of hydrogen-bond donors (Lipinski definition) is 2. The summed E-state index contributed by atoms with van der Waals surface area (Å²) in [6, 6.07) is 11.4. The summed E-state index contributed by atoms with van der Waals surface area (Å²) in [5.41, 5.74) is 2.49. The van der Waals surface area contributed by atoms with Crippen LogP contribution in [0.3, 0.4) is 0 Å². The van der Waals surface area contributed by atoms with Crippen LogP contribution < -0.4 is 5.69 Å². The van der Waals surface area contributed by atoms with Crippen LogP contribution in [0.2, 0.25) is 5.02 Å². The Kier molecular flexibility index (Phi) is 4.32. The standard InChI is InChI=1S/C19H13ClN4O4/c1-10-6-17(24(26)27)13(8-14(10)20)18-5-3-12(28-18)9-21-11-2-4-15-16(7-11)23-19(25)22-15/h2-9H,1H3,(H2,22,23,25). The fourth-order valence-corrected chi connectivity index (χ4v) is 2.98. The van der Waals surface area contributed by atoms with Crippen molar-refractivity contribution in [3.05, 3.63) is 79.4 Å². The molecule has 9 heteroatoms. The summed E-state index contributed by atoms with van der Waals surface area (Å²) in [7, 11) is 0. The molecule has 0 fully saturated rings. The molecule has 0 amide bonds. The summed E-state index contributed by atoms with van der Waals surface area (Å²) < 4.78 is 5.69. The molecule has 0 bridgehead atoms. The molecule has 2 heterocycles. The molecule has 4 rings (SSSR count). The van der Waals surface area contributed by atoms with E-state index >= 15 is 0 Å². The van der Waals surface area contributed by atoms with Crippen molar-refractivity contribution in [2.45, 2.75) is 6.92 Å². The SMILES string of the molecule is Cc1cc([N+](=O)[O-])c(-c2ccc(C=Nc3ccc4[nH]c(=O)[nH]c4c3)o2)cc1Cl. The van der Waals surface area contributed by atoms with Crippen molar-refractivity contribution in [2.75, 3.05) is 0 Å². The zero-order valence-corrected chi connectivity index (χ0v) is 15.3. The molecule has 140 valence electrons. The normalized spacial score (nSPS) is 11.5. The van der Waals surface area contributed by atoms with Gasteiger partial charge in [0.25, 0.3) is 5.69 Å². The van der Waals surface area contributed by atoms with Gasteiger partial charge in [0, 0.05) is 11.1 Å². The lowest BCUT2D eigenvalue weighted by Gasteiger charge is -2.03. The zero-order chi connectivity index (χ0) is 19.8. The summed E-state index contributed by atoms with van der Waals surface area (Å²) >= 11 is 6.12. The first kappa shape index (κ1) is 17.7. The van der Waals surface area contributed by atoms with Crippen molar-refractivity contribution in [2.24, 2.45) is 4.99 Å².